The molecule has 0 aliphatic heterocycles. The van der Waals surface area contributed by atoms with Gasteiger partial charge in [0, 0.05) is 30.6 Å². The van der Waals surface area contributed by atoms with E-state index in [9.17, 15) is 0 Å². The molecule has 19 heavy (non-hydrogen) atoms. The smallest absolute Gasteiger partial charge is 0.240 e. The second-order valence-corrected chi connectivity index (χ2v) is 5.02. The molecule has 102 valence electrons. The van der Waals surface area contributed by atoms with Crippen LogP contribution in [0.2, 0.25) is 0 Å². The second-order valence-electron chi connectivity index (χ2n) is 5.02. The normalized spacial score (nSPS) is 10.9. The standard InChI is InChI=1S/C14H20N4O/c1-10(2)7-15-8-12-4-5-13(16-9-12)19-14-6-11(3)17-18-14/h4-6,9-10,15H,7-8H2,1-3H3,(H,17,18). The topological polar surface area (TPSA) is 62.8 Å². The number of nitrogens with zero attached hydrogens (tertiary/aromatic N) is 2. The molecule has 2 heterocycles. The molecule has 0 amide bonds. The summed E-state index contributed by atoms with van der Waals surface area (Å²) in [6.45, 7) is 8.14. The van der Waals surface area contributed by atoms with Gasteiger partial charge in [-0.05, 0) is 24.9 Å². The summed E-state index contributed by atoms with van der Waals surface area (Å²) in [4.78, 5) is 4.26. The van der Waals surface area contributed by atoms with Gasteiger partial charge >= 0.3 is 0 Å². The molecule has 2 rings (SSSR count). The lowest BCUT2D eigenvalue weighted by Crippen LogP contribution is -2.18. The van der Waals surface area contributed by atoms with Crippen molar-refractivity contribution in [2.24, 2.45) is 5.92 Å². The average Bonchev–Trinajstić information content (AvgIpc) is 2.77. The minimum Gasteiger partial charge on any atom is -0.419 e. The molecule has 0 spiro atoms. The van der Waals surface area contributed by atoms with E-state index in [1.54, 1.807) is 0 Å². The fourth-order valence-corrected chi connectivity index (χ4v) is 1.63. The summed E-state index contributed by atoms with van der Waals surface area (Å²) in [5.41, 5.74) is 2.11. The van der Waals surface area contributed by atoms with Gasteiger partial charge in [0.25, 0.3) is 0 Å². The molecule has 0 unspecified atom stereocenters. The van der Waals surface area contributed by atoms with Crippen LogP contribution in [0.15, 0.2) is 24.4 Å². The lowest BCUT2D eigenvalue weighted by molar-refractivity contribution is 0.443. The third-order valence-corrected chi connectivity index (χ3v) is 2.57. The van der Waals surface area contributed by atoms with Crippen LogP contribution in [0.3, 0.4) is 0 Å². The van der Waals surface area contributed by atoms with Crippen molar-refractivity contribution in [3.63, 3.8) is 0 Å². The summed E-state index contributed by atoms with van der Waals surface area (Å²) in [6, 6.07) is 5.70. The first-order chi connectivity index (χ1) is 9.13. The first-order valence-corrected chi connectivity index (χ1v) is 6.49. The fraction of sp³-hybridized carbons (Fsp3) is 0.429. The van der Waals surface area contributed by atoms with Crippen LogP contribution in [-0.2, 0) is 6.54 Å². The van der Waals surface area contributed by atoms with Crippen molar-refractivity contribution in [3.05, 3.63) is 35.7 Å². The molecule has 2 N–H and O–H groups in total. The maximum Gasteiger partial charge on any atom is 0.240 e. The SMILES string of the molecule is Cc1cc(Oc2ccc(CNCC(C)C)cn2)n[nH]1. The van der Waals surface area contributed by atoms with E-state index in [0.717, 1.165) is 24.3 Å². The number of H-pyrrole nitrogens is 1. The van der Waals surface area contributed by atoms with E-state index in [-0.39, 0.29) is 0 Å². The summed E-state index contributed by atoms with van der Waals surface area (Å²) in [5, 5.41) is 10.2. The zero-order valence-corrected chi connectivity index (χ0v) is 11.6. The van der Waals surface area contributed by atoms with Crippen molar-refractivity contribution in [1.29, 1.82) is 0 Å². The van der Waals surface area contributed by atoms with Gasteiger partial charge in [0.2, 0.25) is 11.8 Å². The van der Waals surface area contributed by atoms with Crippen LogP contribution in [0.4, 0.5) is 0 Å². The highest BCUT2D eigenvalue weighted by Gasteiger charge is 2.02. The Balaban J connectivity index is 1.87. The van der Waals surface area contributed by atoms with Crippen LogP contribution < -0.4 is 10.1 Å². The molecule has 0 radical (unpaired) electrons. The zero-order valence-electron chi connectivity index (χ0n) is 11.6. The van der Waals surface area contributed by atoms with Gasteiger partial charge in [-0.25, -0.2) is 4.98 Å². The maximum absolute atomic E-state index is 5.52. The van der Waals surface area contributed by atoms with Crippen LogP contribution in [0.1, 0.15) is 25.1 Å². The van der Waals surface area contributed by atoms with E-state index in [2.05, 4.69) is 34.3 Å². The minimum atomic E-state index is 0.538. The van der Waals surface area contributed by atoms with E-state index in [0.29, 0.717) is 17.7 Å². The van der Waals surface area contributed by atoms with Gasteiger partial charge < -0.3 is 10.1 Å². The Morgan fingerprint density at radius 2 is 2.16 bits per heavy atom. The molecule has 0 aliphatic carbocycles. The van der Waals surface area contributed by atoms with E-state index in [4.69, 9.17) is 4.74 Å². The quantitative estimate of drug-likeness (QED) is 0.838. The molecular formula is C14H20N4O. The molecule has 0 bridgehead atoms. The first kappa shape index (κ1) is 13.5. The van der Waals surface area contributed by atoms with Gasteiger partial charge in [0.15, 0.2) is 0 Å². The molecule has 5 nitrogen and oxygen atoms in total. The summed E-state index contributed by atoms with van der Waals surface area (Å²) in [6.07, 6.45) is 1.82. The minimum absolute atomic E-state index is 0.538. The summed E-state index contributed by atoms with van der Waals surface area (Å²) >= 11 is 0. The Bertz CT molecular complexity index is 504. The fourth-order valence-electron chi connectivity index (χ4n) is 1.63. The molecule has 0 saturated carbocycles. The summed E-state index contributed by atoms with van der Waals surface area (Å²) in [7, 11) is 0. The highest BCUT2D eigenvalue weighted by atomic mass is 16.5. The van der Waals surface area contributed by atoms with Gasteiger partial charge in [-0.1, -0.05) is 19.9 Å². The van der Waals surface area contributed by atoms with Crippen molar-refractivity contribution < 1.29 is 4.74 Å². The summed E-state index contributed by atoms with van der Waals surface area (Å²) < 4.78 is 5.52. The highest BCUT2D eigenvalue weighted by molar-refractivity contribution is 5.23. The number of nitrogens with one attached hydrogen (secondary N) is 2. The van der Waals surface area contributed by atoms with Crippen LogP contribution in [0, 0.1) is 12.8 Å². The van der Waals surface area contributed by atoms with E-state index in [1.807, 2.05) is 31.3 Å². The van der Waals surface area contributed by atoms with Crippen LogP contribution in [0.25, 0.3) is 0 Å². The first-order valence-electron chi connectivity index (χ1n) is 6.49. The lowest BCUT2D eigenvalue weighted by Gasteiger charge is -2.07. The number of hydrogen-bond donors (Lipinski definition) is 2. The van der Waals surface area contributed by atoms with Crippen LogP contribution >= 0.6 is 0 Å². The Morgan fingerprint density at radius 1 is 1.32 bits per heavy atom. The predicted molar refractivity (Wildman–Crippen MR) is 74.2 cm³/mol. The van der Waals surface area contributed by atoms with Gasteiger partial charge in [0.05, 0.1) is 0 Å². The van der Waals surface area contributed by atoms with Crippen LogP contribution in [-0.4, -0.2) is 21.7 Å². The Morgan fingerprint density at radius 3 is 2.74 bits per heavy atom. The van der Waals surface area contributed by atoms with Crippen molar-refractivity contribution >= 4 is 0 Å². The Labute approximate surface area is 113 Å². The molecule has 0 aliphatic rings. The molecule has 2 aromatic heterocycles. The lowest BCUT2D eigenvalue weighted by atomic mass is 10.2. The predicted octanol–water partition coefficient (Wildman–Crippen LogP) is 2.65. The number of aromatic amines is 1. The van der Waals surface area contributed by atoms with Gasteiger partial charge in [-0.15, -0.1) is 5.10 Å². The van der Waals surface area contributed by atoms with Gasteiger partial charge in [0.1, 0.15) is 0 Å². The Kier molecular flexibility index (Phi) is 4.52. The number of aryl methyl sites for hydroxylation is 1. The molecule has 5 heteroatoms. The largest absolute Gasteiger partial charge is 0.419 e. The molecular weight excluding hydrogens is 240 g/mol. The highest BCUT2D eigenvalue weighted by Crippen LogP contribution is 2.17. The van der Waals surface area contributed by atoms with Crippen molar-refractivity contribution in [2.75, 3.05) is 6.54 Å². The van der Waals surface area contributed by atoms with E-state index < -0.39 is 0 Å². The monoisotopic (exact) mass is 260 g/mol. The number of rotatable bonds is 6. The molecule has 0 atom stereocenters. The maximum atomic E-state index is 5.52. The van der Waals surface area contributed by atoms with Crippen molar-refractivity contribution in [2.45, 2.75) is 27.3 Å². The average molecular weight is 260 g/mol. The third-order valence-electron chi connectivity index (χ3n) is 2.57. The molecule has 0 aromatic carbocycles. The van der Waals surface area contributed by atoms with E-state index in [1.165, 1.54) is 0 Å². The second kappa shape index (κ2) is 6.33. The Hall–Kier alpha value is -1.88. The van der Waals surface area contributed by atoms with Gasteiger partial charge in [-0.3, -0.25) is 5.10 Å². The van der Waals surface area contributed by atoms with Crippen LogP contribution in [0.5, 0.6) is 11.8 Å². The summed E-state index contributed by atoms with van der Waals surface area (Å²) in [5.74, 6) is 1.74. The zero-order chi connectivity index (χ0) is 13.7. The number of aromatic nitrogens is 3. The number of hydrogen-bond acceptors (Lipinski definition) is 4. The van der Waals surface area contributed by atoms with E-state index >= 15 is 0 Å². The molecule has 0 saturated heterocycles. The number of ether oxygens (including phenoxy) is 1. The number of pyridine rings is 1. The van der Waals surface area contributed by atoms with Gasteiger partial charge in [-0.2, -0.15) is 0 Å². The molecule has 2 aromatic rings. The van der Waals surface area contributed by atoms with Crippen molar-refractivity contribution in [1.82, 2.24) is 20.5 Å². The van der Waals surface area contributed by atoms with Crippen molar-refractivity contribution in [3.8, 4) is 11.8 Å². The molecule has 0 fully saturated rings. The third kappa shape index (κ3) is 4.37.